The summed E-state index contributed by atoms with van der Waals surface area (Å²) < 4.78 is 4.96. The van der Waals surface area contributed by atoms with Crippen LogP contribution in [-0.2, 0) is 4.79 Å². The van der Waals surface area contributed by atoms with Crippen LogP contribution in [-0.4, -0.2) is 23.5 Å². The number of hydrogen-bond donors (Lipinski definition) is 2. The predicted molar refractivity (Wildman–Crippen MR) is 59.5 cm³/mol. The number of nitrogens with one attached hydrogen (secondary N) is 1. The van der Waals surface area contributed by atoms with Gasteiger partial charge in [0, 0.05) is 6.54 Å². The van der Waals surface area contributed by atoms with Crippen molar-refractivity contribution in [3.8, 4) is 0 Å². The minimum absolute atomic E-state index is 0.0337. The topological polar surface area (TPSA) is 79.5 Å². The van der Waals surface area contributed by atoms with Crippen LogP contribution < -0.4 is 5.32 Å². The van der Waals surface area contributed by atoms with Gasteiger partial charge in [-0.3, -0.25) is 9.59 Å². The van der Waals surface area contributed by atoms with E-state index in [-0.39, 0.29) is 23.5 Å². The monoisotopic (exact) mass is 237 g/mol. The summed E-state index contributed by atoms with van der Waals surface area (Å²) in [6, 6.07) is 3.23. The summed E-state index contributed by atoms with van der Waals surface area (Å²) in [5.74, 6) is -1.08. The van der Waals surface area contributed by atoms with Gasteiger partial charge < -0.3 is 14.8 Å². The summed E-state index contributed by atoms with van der Waals surface area (Å²) in [4.78, 5) is 22.5. The lowest BCUT2D eigenvalue weighted by atomic mass is 9.96. The number of amides is 1. The Kier molecular flexibility index (Phi) is 3.46. The first-order valence-electron chi connectivity index (χ1n) is 5.73. The van der Waals surface area contributed by atoms with Crippen molar-refractivity contribution >= 4 is 11.9 Å². The number of aliphatic carboxylic acids is 1. The Balaban J connectivity index is 1.86. The average Bonchev–Trinajstić information content (AvgIpc) is 2.96. The van der Waals surface area contributed by atoms with Gasteiger partial charge in [0.05, 0.1) is 12.2 Å². The number of carbonyl (C=O) groups excluding carboxylic acids is 1. The Bertz CT molecular complexity index is 399. The number of hydrogen-bond acceptors (Lipinski definition) is 3. The second-order valence-electron chi connectivity index (χ2n) is 4.32. The van der Waals surface area contributed by atoms with E-state index in [1.54, 1.807) is 12.1 Å². The smallest absolute Gasteiger partial charge is 0.306 e. The molecule has 1 aliphatic rings. The maximum atomic E-state index is 11.6. The molecule has 17 heavy (non-hydrogen) atoms. The molecule has 1 aromatic rings. The first-order chi connectivity index (χ1) is 8.18. The fourth-order valence-electron chi connectivity index (χ4n) is 2.32. The fraction of sp³-hybridized carbons (Fsp3) is 0.500. The maximum Gasteiger partial charge on any atom is 0.306 e. The van der Waals surface area contributed by atoms with Gasteiger partial charge in [0.25, 0.3) is 5.91 Å². The molecule has 2 unspecified atom stereocenters. The maximum absolute atomic E-state index is 11.6. The van der Waals surface area contributed by atoms with Crippen LogP contribution in [0.3, 0.4) is 0 Å². The molecular formula is C12H15NO4. The highest BCUT2D eigenvalue weighted by atomic mass is 16.4. The zero-order valence-corrected chi connectivity index (χ0v) is 9.39. The first kappa shape index (κ1) is 11.7. The van der Waals surface area contributed by atoms with E-state index in [2.05, 4.69) is 5.32 Å². The number of furan rings is 1. The van der Waals surface area contributed by atoms with Crippen LogP contribution in [0.4, 0.5) is 0 Å². The van der Waals surface area contributed by atoms with Crippen LogP contribution in [0.2, 0.25) is 0 Å². The van der Waals surface area contributed by atoms with Crippen LogP contribution in [0, 0.1) is 11.8 Å². The van der Waals surface area contributed by atoms with E-state index in [0.29, 0.717) is 13.0 Å². The lowest BCUT2D eigenvalue weighted by Crippen LogP contribution is -2.32. The highest BCUT2D eigenvalue weighted by Gasteiger charge is 2.32. The molecule has 0 bridgehead atoms. The van der Waals surface area contributed by atoms with Gasteiger partial charge in [-0.15, -0.1) is 0 Å². The molecule has 2 N–H and O–H groups in total. The molecule has 0 aliphatic heterocycles. The van der Waals surface area contributed by atoms with Crippen molar-refractivity contribution in [1.82, 2.24) is 5.32 Å². The Labute approximate surface area is 98.8 Å². The van der Waals surface area contributed by atoms with Gasteiger partial charge in [-0.1, -0.05) is 6.42 Å². The summed E-state index contributed by atoms with van der Waals surface area (Å²) in [5.41, 5.74) is 0. The molecule has 2 atom stereocenters. The van der Waals surface area contributed by atoms with E-state index in [4.69, 9.17) is 9.52 Å². The van der Waals surface area contributed by atoms with Gasteiger partial charge in [-0.25, -0.2) is 0 Å². The Hall–Kier alpha value is -1.78. The molecule has 0 spiro atoms. The van der Waals surface area contributed by atoms with Gasteiger partial charge in [0.2, 0.25) is 0 Å². The largest absolute Gasteiger partial charge is 0.481 e. The second kappa shape index (κ2) is 5.03. The van der Waals surface area contributed by atoms with E-state index >= 15 is 0 Å². The summed E-state index contributed by atoms with van der Waals surface area (Å²) >= 11 is 0. The second-order valence-corrected chi connectivity index (χ2v) is 4.32. The number of carboxylic acids is 1. The summed E-state index contributed by atoms with van der Waals surface area (Å²) in [7, 11) is 0. The first-order valence-corrected chi connectivity index (χ1v) is 5.73. The summed E-state index contributed by atoms with van der Waals surface area (Å²) in [6.45, 7) is 0.399. The van der Waals surface area contributed by atoms with Crippen LogP contribution >= 0.6 is 0 Å². The zero-order chi connectivity index (χ0) is 12.3. The fourth-order valence-corrected chi connectivity index (χ4v) is 2.32. The number of carbonyl (C=O) groups is 2. The minimum atomic E-state index is -0.764. The van der Waals surface area contributed by atoms with Gasteiger partial charge in [-0.05, 0) is 30.9 Å². The normalized spacial score (nSPS) is 23.5. The van der Waals surface area contributed by atoms with E-state index in [9.17, 15) is 9.59 Å². The molecule has 0 aromatic carbocycles. The third-order valence-electron chi connectivity index (χ3n) is 3.25. The third-order valence-corrected chi connectivity index (χ3v) is 3.25. The molecule has 0 saturated heterocycles. The van der Waals surface area contributed by atoms with Crippen LogP contribution in [0.5, 0.6) is 0 Å². The molecule has 1 aliphatic carbocycles. The minimum Gasteiger partial charge on any atom is -0.481 e. The van der Waals surface area contributed by atoms with Crippen molar-refractivity contribution in [2.24, 2.45) is 11.8 Å². The SMILES string of the molecule is O=C(NCC1CCCC1C(=O)O)c1ccco1. The van der Waals surface area contributed by atoms with Crippen molar-refractivity contribution in [2.75, 3.05) is 6.54 Å². The van der Waals surface area contributed by atoms with E-state index in [1.807, 2.05) is 0 Å². The Morgan fingerprint density at radius 3 is 2.94 bits per heavy atom. The molecule has 1 amide bonds. The standard InChI is InChI=1S/C12H15NO4/c14-11(10-5-2-6-17-10)13-7-8-3-1-4-9(8)12(15)16/h2,5-6,8-9H,1,3-4,7H2,(H,13,14)(H,15,16). The average molecular weight is 237 g/mol. The lowest BCUT2D eigenvalue weighted by molar-refractivity contribution is -0.142. The molecule has 1 saturated carbocycles. The zero-order valence-electron chi connectivity index (χ0n) is 9.39. The molecular weight excluding hydrogens is 222 g/mol. The molecule has 5 nitrogen and oxygen atoms in total. The highest BCUT2D eigenvalue weighted by Crippen LogP contribution is 2.31. The third kappa shape index (κ3) is 2.67. The molecule has 5 heteroatoms. The number of carboxylic acid groups (broad SMARTS) is 1. The van der Waals surface area contributed by atoms with Gasteiger partial charge in [-0.2, -0.15) is 0 Å². The molecule has 0 radical (unpaired) electrons. The van der Waals surface area contributed by atoms with Crippen molar-refractivity contribution in [2.45, 2.75) is 19.3 Å². The van der Waals surface area contributed by atoms with E-state index in [1.165, 1.54) is 6.26 Å². The Morgan fingerprint density at radius 2 is 2.29 bits per heavy atom. The van der Waals surface area contributed by atoms with Gasteiger partial charge in [0.15, 0.2) is 5.76 Å². The highest BCUT2D eigenvalue weighted by molar-refractivity contribution is 5.91. The molecule has 92 valence electrons. The van der Waals surface area contributed by atoms with Crippen molar-refractivity contribution < 1.29 is 19.1 Å². The molecule has 2 rings (SSSR count). The van der Waals surface area contributed by atoms with Crippen molar-refractivity contribution in [1.29, 1.82) is 0 Å². The number of rotatable bonds is 4. The molecule has 1 aromatic heterocycles. The van der Waals surface area contributed by atoms with E-state index < -0.39 is 5.97 Å². The van der Waals surface area contributed by atoms with Crippen molar-refractivity contribution in [3.63, 3.8) is 0 Å². The summed E-state index contributed by atoms with van der Waals surface area (Å²) in [6.07, 6.45) is 3.91. The summed E-state index contributed by atoms with van der Waals surface area (Å²) in [5, 5.41) is 11.7. The van der Waals surface area contributed by atoms with Gasteiger partial charge >= 0.3 is 5.97 Å². The van der Waals surface area contributed by atoms with Gasteiger partial charge in [0.1, 0.15) is 0 Å². The molecule has 1 heterocycles. The van der Waals surface area contributed by atoms with Crippen LogP contribution in [0.1, 0.15) is 29.8 Å². The van der Waals surface area contributed by atoms with Crippen molar-refractivity contribution in [3.05, 3.63) is 24.2 Å². The van der Waals surface area contributed by atoms with E-state index in [0.717, 1.165) is 12.8 Å². The van der Waals surface area contributed by atoms with Crippen LogP contribution in [0.25, 0.3) is 0 Å². The quantitative estimate of drug-likeness (QED) is 0.831. The predicted octanol–water partition coefficient (Wildman–Crippen LogP) is 1.51. The van der Waals surface area contributed by atoms with Crippen LogP contribution in [0.15, 0.2) is 22.8 Å². The molecule has 1 fully saturated rings. The Morgan fingerprint density at radius 1 is 1.47 bits per heavy atom. The lowest BCUT2D eigenvalue weighted by Gasteiger charge is -2.15.